The molecular weight excluding hydrogens is 269 g/mol. The topological polar surface area (TPSA) is 70.1 Å². The van der Waals surface area contributed by atoms with Crippen LogP contribution in [0.15, 0.2) is 18.2 Å². The molecule has 4 nitrogen and oxygen atoms in total. The molecule has 21 heavy (non-hydrogen) atoms. The normalized spacial score (nSPS) is 21.6. The molecule has 1 amide bonds. The Morgan fingerprint density at radius 1 is 1.52 bits per heavy atom. The van der Waals surface area contributed by atoms with E-state index in [-0.39, 0.29) is 24.4 Å². The lowest BCUT2D eigenvalue weighted by Gasteiger charge is -2.29. The minimum Gasteiger partial charge on any atom is -0.341 e. The molecule has 1 saturated carbocycles. The van der Waals surface area contributed by atoms with Gasteiger partial charge in [0.05, 0.1) is 11.6 Å². The number of hydrogen-bond acceptors (Lipinski definition) is 3. The number of halogens is 1. The van der Waals surface area contributed by atoms with Gasteiger partial charge in [-0.1, -0.05) is 6.42 Å². The van der Waals surface area contributed by atoms with Crippen molar-refractivity contribution in [2.45, 2.75) is 38.3 Å². The highest BCUT2D eigenvalue weighted by atomic mass is 19.1. The molecular formula is C16H20FN3O. The number of nitriles is 1. The summed E-state index contributed by atoms with van der Waals surface area (Å²) in [6, 6.07) is 6.25. The minimum absolute atomic E-state index is 0.00640. The summed E-state index contributed by atoms with van der Waals surface area (Å²) in [6.45, 7) is 0.173. The molecule has 2 atom stereocenters. The molecule has 0 heterocycles. The van der Waals surface area contributed by atoms with Gasteiger partial charge < -0.3 is 10.6 Å². The van der Waals surface area contributed by atoms with E-state index in [9.17, 15) is 9.18 Å². The van der Waals surface area contributed by atoms with Gasteiger partial charge in [0.25, 0.3) is 0 Å². The molecule has 0 saturated heterocycles. The second-order valence-corrected chi connectivity index (χ2v) is 5.74. The van der Waals surface area contributed by atoms with E-state index in [0.717, 1.165) is 19.3 Å². The third kappa shape index (κ3) is 3.79. The fraction of sp³-hybridized carbons (Fsp3) is 0.500. The second-order valence-electron chi connectivity index (χ2n) is 5.74. The summed E-state index contributed by atoms with van der Waals surface area (Å²) in [5.41, 5.74) is 6.67. The number of carbonyl (C=O) groups excluding carboxylic acids is 1. The number of hydrogen-bond donors (Lipinski definition) is 1. The summed E-state index contributed by atoms with van der Waals surface area (Å²) >= 11 is 0. The molecule has 1 aliphatic rings. The van der Waals surface area contributed by atoms with Gasteiger partial charge in [-0.15, -0.1) is 0 Å². The van der Waals surface area contributed by atoms with E-state index in [1.54, 1.807) is 7.05 Å². The van der Waals surface area contributed by atoms with Gasteiger partial charge in [-0.3, -0.25) is 4.79 Å². The summed E-state index contributed by atoms with van der Waals surface area (Å²) in [5.74, 6) is -0.457. The third-order valence-corrected chi connectivity index (χ3v) is 4.02. The van der Waals surface area contributed by atoms with Crippen LogP contribution in [0.1, 0.15) is 36.8 Å². The van der Waals surface area contributed by atoms with E-state index in [0.29, 0.717) is 17.5 Å². The molecule has 0 radical (unpaired) electrons. The quantitative estimate of drug-likeness (QED) is 0.927. The molecule has 0 aliphatic heterocycles. The monoisotopic (exact) mass is 289 g/mol. The van der Waals surface area contributed by atoms with Crippen LogP contribution >= 0.6 is 0 Å². The van der Waals surface area contributed by atoms with Gasteiger partial charge in [0, 0.05) is 31.1 Å². The van der Waals surface area contributed by atoms with Crippen LogP contribution in [0.3, 0.4) is 0 Å². The first-order valence-electron chi connectivity index (χ1n) is 7.20. The highest BCUT2D eigenvalue weighted by Crippen LogP contribution is 2.25. The summed E-state index contributed by atoms with van der Waals surface area (Å²) in [5, 5.41) is 8.86. The predicted octanol–water partition coefficient (Wildman–Crippen LogP) is 2.17. The molecule has 0 bridgehead atoms. The number of nitrogens with two attached hydrogens (primary N) is 1. The van der Waals surface area contributed by atoms with Crippen LogP contribution in [0.2, 0.25) is 0 Å². The molecule has 1 aliphatic carbocycles. The first-order valence-corrected chi connectivity index (χ1v) is 7.20. The van der Waals surface area contributed by atoms with E-state index in [1.165, 1.54) is 23.1 Å². The first-order chi connectivity index (χ1) is 10.0. The summed E-state index contributed by atoms with van der Waals surface area (Å²) < 4.78 is 13.8. The van der Waals surface area contributed by atoms with Crippen LogP contribution in [-0.2, 0) is 11.3 Å². The van der Waals surface area contributed by atoms with Crippen molar-refractivity contribution in [3.8, 4) is 6.07 Å². The molecule has 1 fully saturated rings. The zero-order valence-corrected chi connectivity index (χ0v) is 12.2. The van der Waals surface area contributed by atoms with Crippen molar-refractivity contribution in [2.24, 2.45) is 11.7 Å². The molecule has 112 valence electrons. The molecule has 2 N–H and O–H groups in total. The van der Waals surface area contributed by atoms with Crippen LogP contribution < -0.4 is 5.73 Å². The number of amides is 1. The van der Waals surface area contributed by atoms with Gasteiger partial charge in [0.1, 0.15) is 5.82 Å². The zero-order chi connectivity index (χ0) is 15.4. The van der Waals surface area contributed by atoms with Crippen molar-refractivity contribution in [2.75, 3.05) is 7.05 Å². The van der Waals surface area contributed by atoms with E-state index in [1.807, 2.05) is 6.07 Å². The summed E-state index contributed by atoms with van der Waals surface area (Å²) in [4.78, 5) is 13.9. The van der Waals surface area contributed by atoms with E-state index < -0.39 is 5.82 Å². The molecule has 2 rings (SSSR count). The van der Waals surface area contributed by atoms with Gasteiger partial charge in [0.2, 0.25) is 5.91 Å². The van der Waals surface area contributed by atoms with Gasteiger partial charge in [-0.2, -0.15) is 5.26 Å². The Morgan fingerprint density at radius 2 is 2.29 bits per heavy atom. The summed E-state index contributed by atoms with van der Waals surface area (Å²) in [7, 11) is 1.67. The van der Waals surface area contributed by atoms with Crippen molar-refractivity contribution >= 4 is 5.91 Å². The highest BCUT2D eigenvalue weighted by Gasteiger charge is 2.27. The standard InChI is InChI=1S/C16H20FN3O/c1-20(16(21)12-3-2-4-14(19)8-12)10-13-7-11(9-18)5-6-15(13)17/h5-7,12,14H,2-4,8,10,19H2,1H3. The summed E-state index contributed by atoms with van der Waals surface area (Å²) in [6.07, 6.45) is 3.47. The lowest BCUT2D eigenvalue weighted by molar-refractivity contribution is -0.135. The van der Waals surface area contributed by atoms with Gasteiger partial charge in [-0.05, 0) is 37.5 Å². The average Bonchev–Trinajstić information content (AvgIpc) is 2.48. The van der Waals surface area contributed by atoms with Crippen molar-refractivity contribution in [3.63, 3.8) is 0 Å². The lowest BCUT2D eigenvalue weighted by atomic mass is 9.85. The van der Waals surface area contributed by atoms with Crippen LogP contribution in [0.4, 0.5) is 4.39 Å². The Morgan fingerprint density at radius 3 is 2.95 bits per heavy atom. The third-order valence-electron chi connectivity index (χ3n) is 4.02. The molecule has 1 aromatic rings. The molecule has 1 aromatic carbocycles. The molecule has 5 heteroatoms. The predicted molar refractivity (Wildman–Crippen MR) is 77.5 cm³/mol. The van der Waals surface area contributed by atoms with Gasteiger partial charge in [-0.25, -0.2) is 4.39 Å². The Kier molecular flexibility index (Phi) is 4.92. The molecule has 2 unspecified atom stereocenters. The van der Waals surface area contributed by atoms with Crippen molar-refractivity contribution < 1.29 is 9.18 Å². The fourth-order valence-electron chi connectivity index (χ4n) is 2.86. The van der Waals surface area contributed by atoms with Gasteiger partial charge >= 0.3 is 0 Å². The van der Waals surface area contributed by atoms with Crippen molar-refractivity contribution in [1.82, 2.24) is 4.90 Å². The van der Waals surface area contributed by atoms with Crippen LogP contribution in [0, 0.1) is 23.1 Å². The Balaban J connectivity index is 2.05. The molecule has 0 spiro atoms. The maximum Gasteiger partial charge on any atom is 0.225 e. The smallest absolute Gasteiger partial charge is 0.225 e. The maximum absolute atomic E-state index is 13.8. The van der Waals surface area contributed by atoms with Crippen LogP contribution in [-0.4, -0.2) is 23.9 Å². The largest absolute Gasteiger partial charge is 0.341 e. The fourth-order valence-corrected chi connectivity index (χ4v) is 2.86. The second kappa shape index (κ2) is 6.68. The van der Waals surface area contributed by atoms with Gasteiger partial charge in [0.15, 0.2) is 0 Å². The highest BCUT2D eigenvalue weighted by molar-refractivity contribution is 5.78. The number of nitrogens with zero attached hydrogens (tertiary/aromatic N) is 2. The lowest BCUT2D eigenvalue weighted by Crippen LogP contribution is -2.38. The van der Waals surface area contributed by atoms with Crippen LogP contribution in [0.25, 0.3) is 0 Å². The maximum atomic E-state index is 13.8. The SMILES string of the molecule is CN(Cc1cc(C#N)ccc1F)C(=O)C1CCCC(N)C1. The van der Waals surface area contributed by atoms with E-state index in [2.05, 4.69) is 0 Å². The molecule has 0 aromatic heterocycles. The Labute approximate surface area is 124 Å². The number of rotatable bonds is 3. The van der Waals surface area contributed by atoms with Crippen molar-refractivity contribution in [3.05, 3.63) is 35.1 Å². The van der Waals surface area contributed by atoms with Crippen molar-refractivity contribution in [1.29, 1.82) is 5.26 Å². The average molecular weight is 289 g/mol. The Hall–Kier alpha value is -1.93. The Bertz CT molecular complexity index is 567. The number of benzene rings is 1. The van der Waals surface area contributed by atoms with E-state index in [4.69, 9.17) is 11.0 Å². The first kappa shape index (κ1) is 15.5. The van der Waals surface area contributed by atoms with E-state index >= 15 is 0 Å². The number of carbonyl (C=O) groups is 1. The minimum atomic E-state index is -0.394. The van der Waals surface area contributed by atoms with Crippen LogP contribution in [0.5, 0.6) is 0 Å². The zero-order valence-electron chi connectivity index (χ0n) is 12.2.